The summed E-state index contributed by atoms with van der Waals surface area (Å²) in [6.07, 6.45) is 0. The van der Waals surface area contributed by atoms with Crippen molar-refractivity contribution in [3.63, 3.8) is 0 Å². The first-order chi connectivity index (χ1) is 11.7. The summed E-state index contributed by atoms with van der Waals surface area (Å²) >= 11 is 6.00. The molecule has 0 aliphatic rings. The van der Waals surface area contributed by atoms with Gasteiger partial charge in [0.2, 0.25) is 0 Å². The fourth-order valence-electron chi connectivity index (χ4n) is 2.03. The van der Waals surface area contributed by atoms with Gasteiger partial charge in [0.25, 0.3) is 15.9 Å². The highest BCUT2D eigenvalue weighted by molar-refractivity contribution is 7.92. The summed E-state index contributed by atoms with van der Waals surface area (Å²) in [7, 11) is 0.0436. The molecule has 0 saturated heterocycles. The van der Waals surface area contributed by atoms with E-state index in [1.165, 1.54) is 51.5 Å². The molecule has 0 radical (unpaired) electrons. The van der Waals surface area contributed by atoms with Gasteiger partial charge < -0.3 is 0 Å². The number of carbonyl (C=O) groups excluding carboxylic acids is 1. The molecule has 9 heteroatoms. The number of carbonyl (C=O) groups is 1. The Morgan fingerprint density at radius 3 is 2.28 bits per heavy atom. The van der Waals surface area contributed by atoms with Gasteiger partial charge in [-0.05, 0) is 42.5 Å². The van der Waals surface area contributed by atoms with Crippen LogP contribution in [-0.2, 0) is 14.9 Å². The summed E-state index contributed by atoms with van der Waals surface area (Å²) in [6.45, 7) is 0. The molecule has 0 saturated carbocycles. The first kappa shape index (κ1) is 19.2. The van der Waals surface area contributed by atoms with Gasteiger partial charge in [-0.15, -0.1) is 0 Å². The van der Waals surface area contributed by atoms with Crippen LogP contribution in [0.2, 0.25) is 5.02 Å². The predicted molar refractivity (Wildman–Crippen MR) is 92.5 cm³/mol. The highest BCUT2D eigenvalue weighted by Gasteiger charge is 2.24. The normalized spacial score (nSPS) is 11.2. The highest BCUT2D eigenvalue weighted by Crippen LogP contribution is 2.26. The van der Waals surface area contributed by atoms with Crippen LogP contribution in [0.3, 0.4) is 0 Å². The lowest BCUT2D eigenvalue weighted by Crippen LogP contribution is -2.28. The minimum absolute atomic E-state index is 0.0143. The first-order valence-corrected chi connectivity index (χ1v) is 8.86. The Hall–Kier alpha value is -2.16. The van der Waals surface area contributed by atoms with Crippen molar-refractivity contribution < 1.29 is 22.4 Å². The van der Waals surface area contributed by atoms with Crippen LogP contribution < -0.4 is 4.31 Å². The third-order valence-corrected chi connectivity index (χ3v) is 5.69. The lowest BCUT2D eigenvalue weighted by Gasteiger charge is -2.20. The van der Waals surface area contributed by atoms with Gasteiger partial charge in [0.05, 0.1) is 28.3 Å². The summed E-state index contributed by atoms with van der Waals surface area (Å²) in [4.78, 5) is 16.9. The molecule has 1 amide bonds. The van der Waals surface area contributed by atoms with Crippen molar-refractivity contribution in [2.45, 2.75) is 4.90 Å². The van der Waals surface area contributed by atoms with Crippen LogP contribution >= 0.6 is 11.6 Å². The maximum absolute atomic E-state index is 13.0. The number of hydrogen-bond donors (Lipinski definition) is 0. The Balaban J connectivity index is 2.46. The molecule has 0 heterocycles. The summed E-state index contributed by atoms with van der Waals surface area (Å²) in [6, 6.07) is 8.79. The second-order valence-electron chi connectivity index (χ2n) is 5.08. The standard InChI is InChI=1S/C16H16ClFN2O4S/c1-19(24-3)16(21)14-10-13(8-9-15(14)17)25(22,23)20(2)12-6-4-11(18)5-7-12/h4-10H,1-3H3. The third kappa shape index (κ3) is 3.92. The molecule has 0 aromatic heterocycles. The Kier molecular flexibility index (Phi) is 5.66. The predicted octanol–water partition coefficient (Wildman–Crippen LogP) is 2.94. The fraction of sp³-hybridized carbons (Fsp3) is 0.188. The van der Waals surface area contributed by atoms with E-state index in [0.29, 0.717) is 0 Å². The maximum atomic E-state index is 13.0. The van der Waals surface area contributed by atoms with Crippen molar-refractivity contribution >= 4 is 33.2 Å². The van der Waals surface area contributed by atoms with Gasteiger partial charge in [-0.2, -0.15) is 0 Å². The van der Waals surface area contributed by atoms with Crippen LogP contribution in [0.4, 0.5) is 10.1 Å². The number of nitrogens with zero attached hydrogens (tertiary/aromatic N) is 2. The molecule has 6 nitrogen and oxygen atoms in total. The number of anilines is 1. The summed E-state index contributed by atoms with van der Waals surface area (Å²) in [5.74, 6) is -1.06. The number of hydroxylamine groups is 2. The second kappa shape index (κ2) is 7.38. The van der Waals surface area contributed by atoms with E-state index in [0.717, 1.165) is 21.5 Å². The lowest BCUT2D eigenvalue weighted by molar-refractivity contribution is -0.0757. The molecule has 2 aromatic carbocycles. The van der Waals surface area contributed by atoms with Crippen LogP contribution in [0.25, 0.3) is 0 Å². The minimum atomic E-state index is -3.97. The lowest BCUT2D eigenvalue weighted by atomic mass is 10.2. The topological polar surface area (TPSA) is 66.9 Å². The van der Waals surface area contributed by atoms with Crippen molar-refractivity contribution in [3.8, 4) is 0 Å². The van der Waals surface area contributed by atoms with Crippen LogP contribution in [-0.4, -0.2) is 40.6 Å². The van der Waals surface area contributed by atoms with E-state index in [-0.39, 0.29) is 21.2 Å². The Morgan fingerprint density at radius 1 is 1.12 bits per heavy atom. The van der Waals surface area contributed by atoms with Gasteiger partial charge in [0, 0.05) is 14.1 Å². The number of hydrogen-bond acceptors (Lipinski definition) is 4. The van der Waals surface area contributed by atoms with Crippen LogP contribution in [0.5, 0.6) is 0 Å². The Bertz CT molecular complexity index is 888. The molecule has 2 rings (SSSR count). The van der Waals surface area contributed by atoms with E-state index in [9.17, 15) is 17.6 Å². The van der Waals surface area contributed by atoms with Crippen LogP contribution in [0, 0.1) is 5.82 Å². The SMILES string of the molecule is CON(C)C(=O)c1cc(S(=O)(=O)N(C)c2ccc(F)cc2)ccc1Cl. The van der Waals surface area contributed by atoms with Crippen LogP contribution in [0.1, 0.15) is 10.4 Å². The van der Waals surface area contributed by atoms with E-state index in [4.69, 9.17) is 16.4 Å². The largest absolute Gasteiger partial charge is 0.278 e. The quantitative estimate of drug-likeness (QED) is 0.741. The average Bonchev–Trinajstić information content (AvgIpc) is 2.60. The molecule has 0 spiro atoms. The van der Waals surface area contributed by atoms with E-state index < -0.39 is 21.7 Å². The third-order valence-electron chi connectivity index (χ3n) is 3.58. The van der Waals surface area contributed by atoms with E-state index in [1.54, 1.807) is 0 Å². The van der Waals surface area contributed by atoms with Gasteiger partial charge in [-0.1, -0.05) is 11.6 Å². The first-order valence-electron chi connectivity index (χ1n) is 7.04. The number of benzene rings is 2. The van der Waals surface area contributed by atoms with Gasteiger partial charge in [-0.3, -0.25) is 13.9 Å². The molecule has 0 aliphatic carbocycles. The number of halogens is 2. The van der Waals surface area contributed by atoms with Gasteiger partial charge in [0.15, 0.2) is 0 Å². The van der Waals surface area contributed by atoms with Gasteiger partial charge in [0.1, 0.15) is 5.82 Å². The van der Waals surface area contributed by atoms with E-state index in [1.807, 2.05) is 0 Å². The minimum Gasteiger partial charge on any atom is -0.274 e. The molecule has 0 N–H and O–H groups in total. The van der Waals surface area contributed by atoms with Crippen LogP contribution in [0.15, 0.2) is 47.4 Å². The number of amides is 1. The van der Waals surface area contributed by atoms with E-state index >= 15 is 0 Å². The zero-order chi connectivity index (χ0) is 18.8. The molecule has 0 bridgehead atoms. The molecule has 134 valence electrons. The molecule has 0 aliphatic heterocycles. The molecule has 0 unspecified atom stereocenters. The van der Waals surface area contributed by atoms with Crippen molar-refractivity contribution in [1.82, 2.24) is 5.06 Å². The van der Waals surface area contributed by atoms with Gasteiger partial charge >= 0.3 is 0 Å². The summed E-state index contributed by atoms with van der Waals surface area (Å²) in [5, 5.41) is 1.03. The van der Waals surface area contributed by atoms with Crippen molar-refractivity contribution in [2.75, 3.05) is 25.5 Å². The second-order valence-corrected chi connectivity index (χ2v) is 7.45. The Labute approximate surface area is 150 Å². The van der Waals surface area contributed by atoms with Crippen molar-refractivity contribution in [3.05, 3.63) is 58.9 Å². The monoisotopic (exact) mass is 386 g/mol. The molecule has 25 heavy (non-hydrogen) atoms. The Morgan fingerprint density at radius 2 is 1.72 bits per heavy atom. The highest BCUT2D eigenvalue weighted by atomic mass is 35.5. The molecular formula is C16H16ClFN2O4S. The zero-order valence-electron chi connectivity index (χ0n) is 13.7. The van der Waals surface area contributed by atoms with Crippen molar-refractivity contribution in [2.24, 2.45) is 0 Å². The summed E-state index contributed by atoms with van der Waals surface area (Å²) < 4.78 is 39.6. The maximum Gasteiger partial charge on any atom is 0.278 e. The smallest absolute Gasteiger partial charge is 0.274 e. The molecule has 0 fully saturated rings. The molecular weight excluding hydrogens is 371 g/mol. The molecule has 2 aromatic rings. The number of sulfonamides is 1. The van der Waals surface area contributed by atoms with Gasteiger partial charge in [-0.25, -0.2) is 17.9 Å². The zero-order valence-corrected chi connectivity index (χ0v) is 15.3. The summed E-state index contributed by atoms with van der Waals surface area (Å²) in [5.41, 5.74) is 0.262. The fourth-order valence-corrected chi connectivity index (χ4v) is 3.45. The molecule has 0 atom stereocenters. The number of rotatable bonds is 5. The average molecular weight is 387 g/mol. The van der Waals surface area contributed by atoms with Crippen molar-refractivity contribution in [1.29, 1.82) is 0 Å². The van der Waals surface area contributed by atoms with E-state index in [2.05, 4.69) is 0 Å².